The fraction of sp³-hybridized carbons (Fsp3) is 0.308. The van der Waals surface area contributed by atoms with Gasteiger partial charge in [-0.3, -0.25) is 9.59 Å². The number of carbonyl (C=O) groups excluding carboxylic acids is 3. The van der Waals surface area contributed by atoms with Gasteiger partial charge < -0.3 is 10.1 Å². The Hall–Kier alpha value is -2.17. The van der Waals surface area contributed by atoms with Gasteiger partial charge >= 0.3 is 11.9 Å². The average molecular weight is 249 g/mol. The second-order valence-corrected chi connectivity index (χ2v) is 3.64. The molecule has 0 aliphatic heterocycles. The van der Waals surface area contributed by atoms with Crippen molar-refractivity contribution in [3.05, 3.63) is 35.9 Å². The molecular weight excluding hydrogens is 234 g/mol. The molecule has 5 heteroatoms. The number of esters is 2. The molecule has 0 radical (unpaired) electrons. The van der Waals surface area contributed by atoms with E-state index in [0.29, 0.717) is 12.0 Å². The van der Waals surface area contributed by atoms with Crippen molar-refractivity contribution in [2.75, 3.05) is 6.54 Å². The van der Waals surface area contributed by atoms with Crippen LogP contribution in [0.5, 0.6) is 0 Å². The minimum Gasteiger partial charge on any atom is -0.392 e. The Morgan fingerprint density at radius 2 is 1.78 bits per heavy atom. The van der Waals surface area contributed by atoms with E-state index in [2.05, 4.69) is 10.1 Å². The van der Waals surface area contributed by atoms with Crippen LogP contribution in [0.3, 0.4) is 0 Å². The molecule has 1 aromatic carbocycles. The molecule has 0 atom stereocenters. The third-order valence-electron chi connectivity index (χ3n) is 2.11. The molecule has 1 rings (SSSR count). The van der Waals surface area contributed by atoms with Crippen LogP contribution in [-0.4, -0.2) is 24.4 Å². The lowest BCUT2D eigenvalue weighted by molar-refractivity contribution is -0.158. The van der Waals surface area contributed by atoms with Crippen LogP contribution in [0.4, 0.5) is 0 Å². The highest BCUT2D eigenvalue weighted by Crippen LogP contribution is 1.97. The van der Waals surface area contributed by atoms with Gasteiger partial charge in [0.25, 0.3) is 5.91 Å². The normalized spacial score (nSPS) is 9.61. The minimum absolute atomic E-state index is 0.193. The molecule has 1 amide bonds. The summed E-state index contributed by atoms with van der Waals surface area (Å²) in [5, 5.41) is 2.38. The lowest BCUT2D eigenvalue weighted by Crippen LogP contribution is -2.31. The monoisotopic (exact) mass is 249 g/mol. The number of carbonyl (C=O) groups is 3. The Balaban J connectivity index is 2.35. The minimum atomic E-state index is -0.752. The first-order chi connectivity index (χ1) is 8.63. The molecule has 18 heavy (non-hydrogen) atoms. The van der Waals surface area contributed by atoms with Crippen LogP contribution >= 0.6 is 0 Å². The Bertz CT molecular complexity index is 428. The van der Waals surface area contributed by atoms with Gasteiger partial charge in [-0.25, -0.2) is 4.79 Å². The van der Waals surface area contributed by atoms with Gasteiger partial charge in [0.1, 0.15) is 6.54 Å². The molecule has 1 N–H and O–H groups in total. The van der Waals surface area contributed by atoms with E-state index in [-0.39, 0.29) is 18.9 Å². The van der Waals surface area contributed by atoms with Crippen LogP contribution in [0.1, 0.15) is 30.1 Å². The first-order valence-electron chi connectivity index (χ1n) is 5.70. The molecule has 0 unspecified atom stereocenters. The van der Waals surface area contributed by atoms with Crippen molar-refractivity contribution >= 4 is 17.8 Å². The van der Waals surface area contributed by atoms with Gasteiger partial charge in [-0.05, 0) is 18.6 Å². The van der Waals surface area contributed by atoms with Gasteiger partial charge in [0.2, 0.25) is 0 Å². The maximum absolute atomic E-state index is 11.6. The number of benzene rings is 1. The number of hydrogen-bond donors (Lipinski definition) is 1. The third-order valence-corrected chi connectivity index (χ3v) is 2.11. The molecular formula is C13H15NO4. The summed E-state index contributed by atoms with van der Waals surface area (Å²) in [6.07, 6.45) is 0.806. The van der Waals surface area contributed by atoms with Crippen LogP contribution < -0.4 is 5.32 Å². The largest absolute Gasteiger partial charge is 0.392 e. The second kappa shape index (κ2) is 7.21. The fourth-order valence-electron chi connectivity index (χ4n) is 1.26. The van der Waals surface area contributed by atoms with Crippen molar-refractivity contribution in [3.8, 4) is 0 Å². The van der Waals surface area contributed by atoms with E-state index in [1.807, 2.05) is 6.92 Å². The van der Waals surface area contributed by atoms with E-state index in [4.69, 9.17) is 0 Å². The summed E-state index contributed by atoms with van der Waals surface area (Å²) in [5.41, 5.74) is 0.449. The summed E-state index contributed by atoms with van der Waals surface area (Å²) >= 11 is 0. The van der Waals surface area contributed by atoms with Crippen molar-refractivity contribution in [1.82, 2.24) is 5.32 Å². The maximum Gasteiger partial charge on any atom is 0.333 e. The van der Waals surface area contributed by atoms with E-state index in [1.165, 1.54) is 0 Å². The predicted molar refractivity (Wildman–Crippen MR) is 64.8 cm³/mol. The SMILES string of the molecule is CCCC(=O)OC(=O)CNC(=O)c1ccccc1. The molecule has 0 spiro atoms. The van der Waals surface area contributed by atoms with Crippen molar-refractivity contribution < 1.29 is 19.1 Å². The van der Waals surface area contributed by atoms with Crippen LogP contribution in [0.2, 0.25) is 0 Å². The van der Waals surface area contributed by atoms with Gasteiger partial charge in [0.15, 0.2) is 0 Å². The Morgan fingerprint density at radius 3 is 2.39 bits per heavy atom. The molecule has 0 saturated carbocycles. The summed E-state index contributed by atoms with van der Waals surface area (Å²) in [7, 11) is 0. The molecule has 5 nitrogen and oxygen atoms in total. The Kier molecular flexibility index (Phi) is 5.57. The number of nitrogens with one attached hydrogen (secondary N) is 1. The van der Waals surface area contributed by atoms with E-state index >= 15 is 0 Å². The van der Waals surface area contributed by atoms with Crippen molar-refractivity contribution in [2.24, 2.45) is 0 Å². The summed E-state index contributed by atoms with van der Waals surface area (Å²) in [5.74, 6) is -1.70. The van der Waals surface area contributed by atoms with E-state index in [9.17, 15) is 14.4 Å². The van der Waals surface area contributed by atoms with Crippen molar-refractivity contribution in [2.45, 2.75) is 19.8 Å². The zero-order valence-electron chi connectivity index (χ0n) is 10.1. The molecule has 96 valence electrons. The topological polar surface area (TPSA) is 72.5 Å². The standard InChI is InChI=1S/C13H15NO4/c1-2-6-11(15)18-12(16)9-14-13(17)10-7-4-3-5-8-10/h3-5,7-8H,2,6,9H2,1H3,(H,14,17). The van der Waals surface area contributed by atoms with Crippen molar-refractivity contribution in [1.29, 1.82) is 0 Å². The van der Waals surface area contributed by atoms with Crippen LogP contribution in [-0.2, 0) is 14.3 Å². The number of amides is 1. The first-order valence-corrected chi connectivity index (χ1v) is 5.70. The van der Waals surface area contributed by atoms with Crippen LogP contribution in [0.15, 0.2) is 30.3 Å². The first kappa shape index (κ1) is 13.9. The van der Waals surface area contributed by atoms with E-state index < -0.39 is 11.9 Å². The van der Waals surface area contributed by atoms with E-state index in [0.717, 1.165) is 0 Å². The summed E-state index contributed by atoms with van der Waals surface area (Å²) < 4.78 is 4.48. The van der Waals surface area contributed by atoms with Crippen molar-refractivity contribution in [3.63, 3.8) is 0 Å². The Labute approximate surface area is 105 Å². The highest BCUT2D eigenvalue weighted by atomic mass is 16.6. The molecule has 0 saturated heterocycles. The van der Waals surface area contributed by atoms with Gasteiger partial charge in [0.05, 0.1) is 0 Å². The zero-order valence-corrected chi connectivity index (χ0v) is 10.1. The number of hydrogen-bond acceptors (Lipinski definition) is 4. The quantitative estimate of drug-likeness (QED) is 0.630. The fourth-order valence-corrected chi connectivity index (χ4v) is 1.26. The maximum atomic E-state index is 11.6. The van der Waals surface area contributed by atoms with Crippen LogP contribution in [0.25, 0.3) is 0 Å². The highest BCUT2D eigenvalue weighted by molar-refractivity contribution is 5.96. The molecule has 0 aliphatic rings. The Morgan fingerprint density at radius 1 is 1.11 bits per heavy atom. The zero-order chi connectivity index (χ0) is 13.4. The van der Waals surface area contributed by atoms with Gasteiger partial charge in [0, 0.05) is 12.0 Å². The smallest absolute Gasteiger partial charge is 0.333 e. The van der Waals surface area contributed by atoms with Gasteiger partial charge in [-0.15, -0.1) is 0 Å². The molecule has 0 aromatic heterocycles. The van der Waals surface area contributed by atoms with Gasteiger partial charge in [-0.1, -0.05) is 25.1 Å². The van der Waals surface area contributed by atoms with Gasteiger partial charge in [-0.2, -0.15) is 0 Å². The number of ether oxygens (including phenoxy) is 1. The summed E-state index contributed by atoms with van der Waals surface area (Å²) in [6, 6.07) is 8.48. The molecule has 1 aromatic rings. The molecule has 0 fully saturated rings. The third kappa shape index (κ3) is 4.78. The molecule has 0 aliphatic carbocycles. The summed E-state index contributed by atoms with van der Waals surface area (Å²) in [4.78, 5) is 33.8. The molecule has 0 heterocycles. The lowest BCUT2D eigenvalue weighted by atomic mass is 10.2. The lowest BCUT2D eigenvalue weighted by Gasteiger charge is -2.04. The van der Waals surface area contributed by atoms with Crippen LogP contribution in [0, 0.1) is 0 Å². The predicted octanol–water partition coefficient (Wildman–Crippen LogP) is 1.29. The summed E-state index contributed by atoms with van der Waals surface area (Å²) in [6.45, 7) is 1.49. The van der Waals surface area contributed by atoms with E-state index in [1.54, 1.807) is 30.3 Å². The highest BCUT2D eigenvalue weighted by Gasteiger charge is 2.11. The molecule has 0 bridgehead atoms. The second-order valence-electron chi connectivity index (χ2n) is 3.64. The average Bonchev–Trinajstić information content (AvgIpc) is 2.37. The number of rotatable bonds is 5.